The molecule has 0 unspecified atom stereocenters. The average molecular weight is 413 g/mol. The summed E-state index contributed by atoms with van der Waals surface area (Å²) in [6, 6.07) is 16.3. The van der Waals surface area contributed by atoms with Gasteiger partial charge in [-0.15, -0.1) is 0 Å². The van der Waals surface area contributed by atoms with Gasteiger partial charge in [0.15, 0.2) is 0 Å². The third-order valence-electron chi connectivity index (χ3n) is 6.24. The number of hydrogen-bond donors (Lipinski definition) is 1. The SMILES string of the molecule is Cc1ncc(C(=O)N2CCC(c3ccccc3)(c3cn4ccccc4n3)CC2)c(=O)[nH]1. The number of benzene rings is 1. The van der Waals surface area contributed by atoms with Gasteiger partial charge in [0.2, 0.25) is 0 Å². The van der Waals surface area contributed by atoms with Crippen LogP contribution in [-0.4, -0.2) is 43.2 Å². The molecule has 0 radical (unpaired) electrons. The number of carbonyl (C=O) groups is 1. The van der Waals surface area contributed by atoms with Gasteiger partial charge in [-0.2, -0.15) is 0 Å². The predicted octanol–water partition coefficient (Wildman–Crippen LogP) is 2.95. The minimum Gasteiger partial charge on any atom is -0.338 e. The molecule has 0 saturated carbocycles. The van der Waals surface area contributed by atoms with Gasteiger partial charge in [0.25, 0.3) is 11.5 Å². The van der Waals surface area contributed by atoms with Crippen molar-refractivity contribution in [2.24, 2.45) is 0 Å². The second-order valence-electron chi connectivity index (χ2n) is 8.04. The molecule has 1 fully saturated rings. The van der Waals surface area contributed by atoms with E-state index in [1.807, 2.05) is 47.0 Å². The van der Waals surface area contributed by atoms with Crippen LogP contribution in [0.4, 0.5) is 0 Å². The van der Waals surface area contributed by atoms with Crippen LogP contribution in [0.15, 0.2) is 71.9 Å². The van der Waals surface area contributed by atoms with Crippen molar-refractivity contribution in [2.75, 3.05) is 13.1 Å². The number of nitrogens with zero attached hydrogens (tertiary/aromatic N) is 4. The summed E-state index contributed by atoms with van der Waals surface area (Å²) in [4.78, 5) is 38.6. The molecule has 156 valence electrons. The zero-order valence-electron chi connectivity index (χ0n) is 17.3. The maximum Gasteiger partial charge on any atom is 0.263 e. The van der Waals surface area contributed by atoms with Crippen molar-refractivity contribution in [1.29, 1.82) is 0 Å². The molecule has 0 bridgehead atoms. The van der Waals surface area contributed by atoms with Crippen molar-refractivity contribution < 1.29 is 4.79 Å². The minimum atomic E-state index is -0.391. The summed E-state index contributed by atoms with van der Waals surface area (Å²) in [5, 5.41) is 0. The van der Waals surface area contributed by atoms with Crippen LogP contribution >= 0.6 is 0 Å². The van der Waals surface area contributed by atoms with Gasteiger partial charge < -0.3 is 14.3 Å². The minimum absolute atomic E-state index is 0.0885. The van der Waals surface area contributed by atoms with Crippen molar-refractivity contribution in [3.05, 3.63) is 100 Å². The fourth-order valence-corrected chi connectivity index (χ4v) is 4.51. The summed E-state index contributed by atoms with van der Waals surface area (Å²) >= 11 is 0. The molecule has 1 amide bonds. The van der Waals surface area contributed by atoms with E-state index in [-0.39, 0.29) is 16.9 Å². The van der Waals surface area contributed by atoms with Gasteiger partial charge in [0.05, 0.1) is 5.69 Å². The Bertz CT molecular complexity index is 1270. The highest BCUT2D eigenvalue weighted by atomic mass is 16.2. The largest absolute Gasteiger partial charge is 0.338 e. The summed E-state index contributed by atoms with van der Waals surface area (Å²) in [5.41, 5.74) is 2.52. The maximum absolute atomic E-state index is 13.0. The Morgan fingerprint density at radius 3 is 2.52 bits per heavy atom. The molecule has 7 heteroatoms. The monoisotopic (exact) mass is 413 g/mol. The summed E-state index contributed by atoms with van der Waals surface area (Å²) in [5.74, 6) is 0.223. The number of amides is 1. The van der Waals surface area contributed by atoms with E-state index in [1.54, 1.807) is 11.8 Å². The van der Waals surface area contributed by atoms with Crippen molar-refractivity contribution in [3.8, 4) is 0 Å². The molecule has 1 aromatic carbocycles. The number of likely N-dealkylation sites (tertiary alicyclic amines) is 1. The highest BCUT2D eigenvalue weighted by Crippen LogP contribution is 2.41. The zero-order valence-corrected chi connectivity index (χ0v) is 17.3. The van der Waals surface area contributed by atoms with E-state index in [1.165, 1.54) is 11.8 Å². The quantitative estimate of drug-likeness (QED) is 0.560. The third-order valence-corrected chi connectivity index (χ3v) is 6.24. The van der Waals surface area contributed by atoms with E-state index in [4.69, 9.17) is 4.98 Å². The zero-order chi connectivity index (χ0) is 21.4. The van der Waals surface area contributed by atoms with Crippen molar-refractivity contribution in [3.63, 3.8) is 0 Å². The summed E-state index contributed by atoms with van der Waals surface area (Å²) in [6.07, 6.45) is 6.92. The Labute approximate surface area is 179 Å². The van der Waals surface area contributed by atoms with Gasteiger partial charge in [0, 0.05) is 37.1 Å². The van der Waals surface area contributed by atoms with Crippen LogP contribution in [0.5, 0.6) is 0 Å². The highest BCUT2D eigenvalue weighted by molar-refractivity contribution is 5.93. The number of pyridine rings is 1. The van der Waals surface area contributed by atoms with Crippen LogP contribution in [0.1, 0.15) is 40.3 Å². The highest BCUT2D eigenvalue weighted by Gasteiger charge is 2.41. The lowest BCUT2D eigenvalue weighted by Crippen LogP contribution is -2.47. The maximum atomic E-state index is 13.0. The Morgan fingerprint density at radius 1 is 1.06 bits per heavy atom. The summed E-state index contributed by atoms with van der Waals surface area (Å²) < 4.78 is 2.04. The topological polar surface area (TPSA) is 83.4 Å². The molecular formula is C24H23N5O2. The van der Waals surface area contributed by atoms with Crippen LogP contribution < -0.4 is 5.56 Å². The lowest BCUT2D eigenvalue weighted by atomic mass is 9.70. The Balaban J connectivity index is 1.49. The number of aromatic nitrogens is 4. The molecule has 1 aliphatic rings. The second kappa shape index (κ2) is 7.50. The van der Waals surface area contributed by atoms with Crippen LogP contribution in [0, 0.1) is 6.92 Å². The number of aromatic amines is 1. The molecule has 4 heterocycles. The van der Waals surface area contributed by atoms with Crippen LogP contribution in [-0.2, 0) is 5.41 Å². The molecule has 0 atom stereocenters. The number of hydrogen-bond acceptors (Lipinski definition) is 4. The van der Waals surface area contributed by atoms with Crippen molar-refractivity contribution in [1.82, 2.24) is 24.3 Å². The standard InChI is InChI=1S/C24H23N5O2/c1-17-25-15-19(22(30)26-17)23(31)28-13-10-24(11-14-28,18-7-3-2-4-8-18)20-16-29-12-6-5-9-21(29)27-20/h2-9,12,15-16H,10-11,13-14H2,1H3,(H,25,26,30). The van der Waals surface area contributed by atoms with E-state index < -0.39 is 5.56 Å². The third kappa shape index (κ3) is 3.32. The number of fused-ring (bicyclic) bond motifs is 1. The summed E-state index contributed by atoms with van der Waals surface area (Å²) in [6.45, 7) is 2.77. The van der Waals surface area contributed by atoms with E-state index >= 15 is 0 Å². The Morgan fingerprint density at radius 2 is 1.81 bits per heavy atom. The van der Waals surface area contributed by atoms with E-state index in [0.29, 0.717) is 18.9 Å². The fraction of sp³-hybridized carbons (Fsp3) is 0.250. The van der Waals surface area contributed by atoms with Crippen LogP contribution in [0.25, 0.3) is 5.65 Å². The molecule has 1 saturated heterocycles. The van der Waals surface area contributed by atoms with Gasteiger partial charge in [-0.1, -0.05) is 36.4 Å². The fourth-order valence-electron chi connectivity index (χ4n) is 4.51. The number of imidazole rings is 1. The number of rotatable bonds is 3. The first-order valence-electron chi connectivity index (χ1n) is 10.4. The average Bonchev–Trinajstić information content (AvgIpc) is 3.24. The molecule has 31 heavy (non-hydrogen) atoms. The normalized spacial score (nSPS) is 15.8. The van der Waals surface area contributed by atoms with Crippen molar-refractivity contribution in [2.45, 2.75) is 25.2 Å². The summed E-state index contributed by atoms with van der Waals surface area (Å²) in [7, 11) is 0. The van der Waals surface area contributed by atoms with E-state index in [2.05, 4.69) is 28.3 Å². The number of H-pyrrole nitrogens is 1. The number of nitrogens with one attached hydrogen (secondary N) is 1. The van der Waals surface area contributed by atoms with Crippen molar-refractivity contribution >= 4 is 11.6 Å². The lowest BCUT2D eigenvalue weighted by molar-refractivity contribution is 0.0681. The van der Waals surface area contributed by atoms with Crippen LogP contribution in [0.3, 0.4) is 0 Å². The molecule has 1 N–H and O–H groups in total. The number of piperidine rings is 1. The second-order valence-corrected chi connectivity index (χ2v) is 8.04. The number of carbonyl (C=O) groups excluding carboxylic acids is 1. The Hall–Kier alpha value is -3.74. The number of aryl methyl sites for hydroxylation is 1. The molecular weight excluding hydrogens is 390 g/mol. The lowest BCUT2D eigenvalue weighted by Gasteiger charge is -2.41. The molecule has 5 rings (SSSR count). The van der Waals surface area contributed by atoms with Gasteiger partial charge in [-0.3, -0.25) is 9.59 Å². The van der Waals surface area contributed by atoms with Gasteiger partial charge in [-0.05, 0) is 37.5 Å². The van der Waals surface area contributed by atoms with Gasteiger partial charge in [-0.25, -0.2) is 9.97 Å². The smallest absolute Gasteiger partial charge is 0.263 e. The van der Waals surface area contributed by atoms with Gasteiger partial charge in [0.1, 0.15) is 17.0 Å². The molecule has 0 aliphatic carbocycles. The molecule has 7 nitrogen and oxygen atoms in total. The first kappa shape index (κ1) is 19.2. The molecule has 0 spiro atoms. The molecule has 1 aliphatic heterocycles. The molecule has 3 aromatic heterocycles. The first-order valence-corrected chi connectivity index (χ1v) is 10.4. The molecule has 4 aromatic rings. The first-order chi connectivity index (χ1) is 15.1. The van der Waals surface area contributed by atoms with E-state index in [9.17, 15) is 9.59 Å². The Kier molecular flexibility index (Phi) is 4.66. The van der Waals surface area contributed by atoms with E-state index in [0.717, 1.165) is 24.2 Å². The predicted molar refractivity (Wildman–Crippen MR) is 117 cm³/mol. The van der Waals surface area contributed by atoms with Gasteiger partial charge >= 0.3 is 0 Å². The van der Waals surface area contributed by atoms with Crippen LogP contribution in [0.2, 0.25) is 0 Å².